The molecule has 2 aromatic heterocycles. The molecule has 0 unspecified atom stereocenters. The maximum atomic E-state index is 13.2. The molecular formula is C22H24F3N5OS. The molecule has 0 N–H and O–H groups in total. The number of amides is 1. The molecule has 1 fully saturated rings. The molecule has 1 aliphatic heterocycles. The molecule has 1 saturated heterocycles. The van der Waals surface area contributed by atoms with E-state index < -0.39 is 11.7 Å². The topological polar surface area (TPSA) is 63.9 Å². The first-order valence-electron chi connectivity index (χ1n) is 10.4. The lowest BCUT2D eigenvalue weighted by molar-refractivity contribution is -0.137. The number of thiazole rings is 1. The van der Waals surface area contributed by atoms with E-state index in [4.69, 9.17) is 0 Å². The Bertz CT molecular complexity index is 1130. The van der Waals surface area contributed by atoms with Crippen LogP contribution in [0.4, 0.5) is 13.2 Å². The number of halogens is 3. The third kappa shape index (κ3) is 4.85. The van der Waals surface area contributed by atoms with Gasteiger partial charge >= 0.3 is 6.18 Å². The minimum absolute atomic E-state index is 0.0147. The van der Waals surface area contributed by atoms with Crippen molar-refractivity contribution in [1.29, 1.82) is 0 Å². The van der Waals surface area contributed by atoms with Gasteiger partial charge in [0.1, 0.15) is 23.2 Å². The first kappa shape index (κ1) is 22.4. The van der Waals surface area contributed by atoms with Crippen LogP contribution in [0.25, 0.3) is 10.6 Å². The standard InChI is InChI=1S/C22H24F3N5OS/c1-13-8-17(10-18(9-13)22(23,24)25)21-26-11-19(32-21)16-4-6-29(7-5-16)20(31)12-30-15(3)27-14(2)28-30/h8-11,16H,4-7,12H2,1-3H3. The van der Waals surface area contributed by atoms with E-state index in [-0.39, 0.29) is 18.4 Å². The largest absolute Gasteiger partial charge is 0.416 e. The first-order chi connectivity index (χ1) is 15.1. The van der Waals surface area contributed by atoms with Gasteiger partial charge < -0.3 is 4.90 Å². The summed E-state index contributed by atoms with van der Waals surface area (Å²) >= 11 is 1.43. The van der Waals surface area contributed by atoms with Gasteiger partial charge in [-0.25, -0.2) is 14.6 Å². The molecule has 0 atom stereocenters. The number of hydrogen-bond acceptors (Lipinski definition) is 5. The summed E-state index contributed by atoms with van der Waals surface area (Å²) in [7, 11) is 0. The van der Waals surface area contributed by atoms with E-state index in [9.17, 15) is 18.0 Å². The summed E-state index contributed by atoms with van der Waals surface area (Å²) in [5.74, 6) is 1.62. The highest BCUT2D eigenvalue weighted by Gasteiger charge is 2.31. The quantitative estimate of drug-likeness (QED) is 0.560. The average Bonchev–Trinajstić information content (AvgIpc) is 3.34. The average molecular weight is 464 g/mol. The number of alkyl halides is 3. The molecule has 0 bridgehead atoms. The minimum Gasteiger partial charge on any atom is -0.341 e. The summed E-state index contributed by atoms with van der Waals surface area (Å²) in [4.78, 5) is 24.2. The van der Waals surface area contributed by atoms with Crippen molar-refractivity contribution in [1.82, 2.24) is 24.6 Å². The SMILES string of the molecule is Cc1cc(-c2ncc(C3CCN(C(=O)Cn4nc(C)nc4C)CC3)s2)cc(C(F)(F)F)c1. The van der Waals surface area contributed by atoms with Gasteiger partial charge in [0.15, 0.2) is 0 Å². The highest BCUT2D eigenvalue weighted by atomic mass is 32.1. The normalized spacial score (nSPS) is 15.4. The van der Waals surface area contributed by atoms with Crippen molar-refractivity contribution in [3.8, 4) is 10.6 Å². The maximum Gasteiger partial charge on any atom is 0.416 e. The van der Waals surface area contributed by atoms with Crippen LogP contribution in [0.5, 0.6) is 0 Å². The van der Waals surface area contributed by atoms with Crippen molar-refractivity contribution >= 4 is 17.2 Å². The number of piperidine rings is 1. The van der Waals surface area contributed by atoms with Crippen molar-refractivity contribution in [2.45, 2.75) is 52.3 Å². The number of aromatic nitrogens is 4. The number of rotatable bonds is 4. The summed E-state index contributed by atoms with van der Waals surface area (Å²) in [6, 6.07) is 4.03. The van der Waals surface area contributed by atoms with Gasteiger partial charge in [-0.15, -0.1) is 11.3 Å². The van der Waals surface area contributed by atoms with Gasteiger partial charge in [0.2, 0.25) is 5.91 Å². The summed E-state index contributed by atoms with van der Waals surface area (Å²) in [5.41, 5.74) is 0.379. The van der Waals surface area contributed by atoms with Gasteiger partial charge in [0, 0.05) is 29.7 Å². The second-order valence-electron chi connectivity index (χ2n) is 8.17. The molecule has 0 radical (unpaired) electrons. The Balaban J connectivity index is 1.41. The number of hydrogen-bond donors (Lipinski definition) is 0. The Morgan fingerprint density at radius 1 is 1.16 bits per heavy atom. The molecule has 3 aromatic rings. The van der Waals surface area contributed by atoms with Gasteiger partial charge in [0.05, 0.1) is 5.56 Å². The zero-order chi connectivity index (χ0) is 23.0. The Hall–Kier alpha value is -2.75. The number of aryl methyl sites for hydroxylation is 3. The van der Waals surface area contributed by atoms with E-state index in [2.05, 4.69) is 15.1 Å². The van der Waals surface area contributed by atoms with E-state index in [1.165, 1.54) is 11.3 Å². The van der Waals surface area contributed by atoms with Crippen LogP contribution in [0.15, 0.2) is 24.4 Å². The van der Waals surface area contributed by atoms with Crippen molar-refractivity contribution in [2.75, 3.05) is 13.1 Å². The lowest BCUT2D eigenvalue weighted by Gasteiger charge is -2.31. The van der Waals surface area contributed by atoms with E-state index >= 15 is 0 Å². The van der Waals surface area contributed by atoms with Crippen LogP contribution in [-0.2, 0) is 17.5 Å². The molecule has 32 heavy (non-hydrogen) atoms. The van der Waals surface area contributed by atoms with Gasteiger partial charge in [-0.1, -0.05) is 0 Å². The van der Waals surface area contributed by atoms with Crippen molar-refractivity contribution in [3.05, 3.63) is 52.0 Å². The van der Waals surface area contributed by atoms with Crippen molar-refractivity contribution in [3.63, 3.8) is 0 Å². The molecule has 1 amide bonds. The summed E-state index contributed by atoms with van der Waals surface area (Å²) in [5, 5.41) is 4.84. The zero-order valence-electron chi connectivity index (χ0n) is 18.1. The molecule has 6 nitrogen and oxygen atoms in total. The van der Waals surface area contributed by atoms with Gasteiger partial charge in [0.25, 0.3) is 0 Å². The molecule has 10 heteroatoms. The molecule has 3 heterocycles. The lowest BCUT2D eigenvalue weighted by Crippen LogP contribution is -2.40. The fraction of sp³-hybridized carbons (Fsp3) is 0.455. The molecule has 170 valence electrons. The van der Waals surface area contributed by atoms with Crippen LogP contribution in [0, 0.1) is 20.8 Å². The minimum atomic E-state index is -4.39. The Morgan fingerprint density at radius 3 is 2.50 bits per heavy atom. The Kier molecular flexibility index (Phi) is 6.07. The number of carbonyl (C=O) groups is 1. The Labute approximate surface area is 188 Å². The van der Waals surface area contributed by atoms with E-state index in [0.717, 1.165) is 29.9 Å². The molecule has 4 rings (SSSR count). The van der Waals surface area contributed by atoms with Crippen LogP contribution in [0.1, 0.15) is 46.4 Å². The molecule has 0 spiro atoms. The lowest BCUT2D eigenvalue weighted by atomic mass is 9.96. The van der Waals surface area contributed by atoms with Crippen LogP contribution in [0.3, 0.4) is 0 Å². The summed E-state index contributed by atoms with van der Waals surface area (Å²) in [6.07, 6.45) is -1.03. The first-order valence-corrected chi connectivity index (χ1v) is 11.2. The molecule has 0 aliphatic carbocycles. The highest BCUT2D eigenvalue weighted by molar-refractivity contribution is 7.15. The third-order valence-corrected chi connectivity index (χ3v) is 6.88. The maximum absolute atomic E-state index is 13.2. The summed E-state index contributed by atoms with van der Waals surface area (Å²) < 4.78 is 41.1. The van der Waals surface area contributed by atoms with Gasteiger partial charge in [-0.2, -0.15) is 18.3 Å². The Morgan fingerprint density at radius 2 is 1.88 bits per heavy atom. The van der Waals surface area contributed by atoms with Crippen LogP contribution in [-0.4, -0.2) is 43.6 Å². The molecule has 1 aliphatic rings. The fourth-order valence-electron chi connectivity index (χ4n) is 4.03. The second kappa shape index (κ2) is 8.65. The zero-order valence-corrected chi connectivity index (χ0v) is 18.9. The van der Waals surface area contributed by atoms with E-state index in [1.54, 1.807) is 30.8 Å². The predicted octanol–water partition coefficient (Wildman–Crippen LogP) is 4.75. The van der Waals surface area contributed by atoms with Crippen LogP contribution < -0.4 is 0 Å². The predicted molar refractivity (Wildman–Crippen MR) is 115 cm³/mol. The van der Waals surface area contributed by atoms with Crippen molar-refractivity contribution in [2.24, 2.45) is 0 Å². The smallest absolute Gasteiger partial charge is 0.341 e. The monoisotopic (exact) mass is 463 g/mol. The van der Waals surface area contributed by atoms with E-state index in [1.807, 2.05) is 11.8 Å². The number of carbonyl (C=O) groups excluding carboxylic acids is 1. The van der Waals surface area contributed by atoms with Gasteiger partial charge in [-0.3, -0.25) is 4.79 Å². The number of benzene rings is 1. The van der Waals surface area contributed by atoms with E-state index in [0.29, 0.717) is 40.9 Å². The number of likely N-dealkylation sites (tertiary alicyclic amines) is 1. The molecular weight excluding hydrogens is 439 g/mol. The van der Waals surface area contributed by atoms with Crippen molar-refractivity contribution < 1.29 is 18.0 Å². The molecule has 0 saturated carbocycles. The summed E-state index contributed by atoms with van der Waals surface area (Å²) in [6.45, 7) is 6.72. The number of nitrogens with zero attached hydrogens (tertiary/aromatic N) is 5. The fourth-order valence-corrected chi connectivity index (χ4v) is 5.10. The van der Waals surface area contributed by atoms with Crippen LogP contribution in [0.2, 0.25) is 0 Å². The second-order valence-corrected chi connectivity index (χ2v) is 9.23. The van der Waals surface area contributed by atoms with Crippen LogP contribution >= 0.6 is 11.3 Å². The highest BCUT2D eigenvalue weighted by Crippen LogP contribution is 2.38. The third-order valence-electron chi connectivity index (χ3n) is 5.67. The van der Waals surface area contributed by atoms with Gasteiger partial charge in [-0.05, 0) is 63.3 Å². The molecule has 1 aromatic carbocycles.